The highest BCUT2D eigenvalue weighted by atomic mass is 31.2. The molecule has 0 aliphatic rings. The molecular weight excluding hydrogens is 259 g/mol. The number of rotatable bonds is 6. The van der Waals surface area contributed by atoms with Crippen molar-refractivity contribution in [3.63, 3.8) is 0 Å². The maximum absolute atomic E-state index is 12.5. The Labute approximate surface area is 113 Å². The summed E-state index contributed by atoms with van der Waals surface area (Å²) in [6.07, 6.45) is 0.342. The molecule has 0 N–H and O–H groups in total. The number of hydrogen-bond donors (Lipinski definition) is 0. The maximum Gasteiger partial charge on any atom is 0.379 e. The molecule has 0 saturated carbocycles. The van der Waals surface area contributed by atoms with Gasteiger partial charge in [-0.1, -0.05) is 55.5 Å². The van der Waals surface area contributed by atoms with Crippen molar-refractivity contribution in [3.05, 3.63) is 66.2 Å². The highest BCUT2D eigenvalue weighted by Gasteiger charge is 2.23. The first-order valence-corrected chi connectivity index (χ1v) is 7.97. The lowest BCUT2D eigenvalue weighted by Gasteiger charge is -2.17. The second-order valence-electron chi connectivity index (χ2n) is 4.09. The van der Waals surface area contributed by atoms with Crippen LogP contribution in [0.1, 0.15) is 12.5 Å². The molecule has 4 heteroatoms. The van der Waals surface area contributed by atoms with Gasteiger partial charge < -0.3 is 4.52 Å². The van der Waals surface area contributed by atoms with E-state index in [1.54, 1.807) is 19.1 Å². The summed E-state index contributed by atoms with van der Waals surface area (Å²) in [5.74, 6) is 0.570. The zero-order valence-electron chi connectivity index (χ0n) is 10.9. The maximum atomic E-state index is 12.5. The van der Waals surface area contributed by atoms with Crippen molar-refractivity contribution >= 4 is 7.60 Å². The molecule has 0 fully saturated rings. The van der Waals surface area contributed by atoms with Gasteiger partial charge in [0.1, 0.15) is 5.75 Å². The Kier molecular flexibility index (Phi) is 4.78. The molecule has 0 saturated heterocycles. The molecule has 3 nitrogen and oxygen atoms in total. The van der Waals surface area contributed by atoms with Crippen LogP contribution in [0.25, 0.3) is 0 Å². The molecule has 0 aromatic heterocycles. The van der Waals surface area contributed by atoms with Crippen LogP contribution in [-0.2, 0) is 15.7 Å². The van der Waals surface area contributed by atoms with Crippen LogP contribution < -0.4 is 4.52 Å². The summed E-state index contributed by atoms with van der Waals surface area (Å²) in [6.45, 7) is 2.09. The third kappa shape index (κ3) is 4.23. The van der Waals surface area contributed by atoms with Crippen LogP contribution in [-0.4, -0.2) is 6.16 Å². The minimum Gasteiger partial charge on any atom is -0.424 e. The number of hydrogen-bond acceptors (Lipinski definition) is 3. The summed E-state index contributed by atoms with van der Waals surface area (Å²) in [6, 6.07) is 18.8. The molecule has 1 unspecified atom stereocenters. The molecule has 19 heavy (non-hydrogen) atoms. The molecule has 0 bridgehead atoms. The summed E-state index contributed by atoms with van der Waals surface area (Å²) in [4.78, 5) is 0. The summed E-state index contributed by atoms with van der Waals surface area (Å²) >= 11 is 0. The van der Waals surface area contributed by atoms with Crippen LogP contribution in [0.2, 0.25) is 0 Å². The average molecular weight is 276 g/mol. The molecule has 0 heterocycles. The Hall–Kier alpha value is -1.57. The summed E-state index contributed by atoms with van der Waals surface area (Å²) in [5, 5.41) is 0. The fraction of sp³-hybridized carbons (Fsp3) is 0.200. The van der Waals surface area contributed by atoms with Crippen molar-refractivity contribution in [1.29, 1.82) is 0 Å². The Bertz CT molecular complexity index is 540. The zero-order chi connectivity index (χ0) is 13.6. The fourth-order valence-corrected chi connectivity index (χ4v) is 2.72. The van der Waals surface area contributed by atoms with Gasteiger partial charge in [-0.25, -0.2) is 4.57 Å². The van der Waals surface area contributed by atoms with Crippen LogP contribution in [0, 0.1) is 0 Å². The molecule has 0 radical (unpaired) electrons. The van der Waals surface area contributed by atoms with E-state index in [9.17, 15) is 4.57 Å². The van der Waals surface area contributed by atoms with E-state index in [0.29, 0.717) is 18.5 Å². The van der Waals surface area contributed by atoms with E-state index < -0.39 is 7.60 Å². The van der Waals surface area contributed by atoms with Crippen molar-refractivity contribution in [2.24, 2.45) is 0 Å². The normalized spacial score (nSPS) is 13.7. The van der Waals surface area contributed by atoms with Gasteiger partial charge in [0.05, 0.1) is 12.8 Å². The topological polar surface area (TPSA) is 35.5 Å². The quantitative estimate of drug-likeness (QED) is 0.729. The fourth-order valence-electron chi connectivity index (χ4n) is 1.57. The van der Waals surface area contributed by atoms with E-state index >= 15 is 0 Å². The first kappa shape index (κ1) is 13.9. The van der Waals surface area contributed by atoms with Gasteiger partial charge in [-0.15, -0.1) is 0 Å². The van der Waals surface area contributed by atoms with Crippen molar-refractivity contribution in [3.8, 4) is 5.75 Å². The lowest BCUT2D eigenvalue weighted by atomic mass is 10.2. The van der Waals surface area contributed by atoms with Gasteiger partial charge >= 0.3 is 7.60 Å². The highest BCUT2D eigenvalue weighted by Crippen LogP contribution is 2.48. The van der Waals surface area contributed by atoms with E-state index in [4.69, 9.17) is 9.05 Å². The first-order valence-electron chi connectivity index (χ1n) is 6.24. The van der Waals surface area contributed by atoms with Crippen LogP contribution in [0.15, 0.2) is 60.7 Å². The molecule has 100 valence electrons. The minimum atomic E-state index is -3.09. The van der Waals surface area contributed by atoms with E-state index in [-0.39, 0.29) is 0 Å². The molecule has 2 aromatic carbocycles. The monoisotopic (exact) mass is 276 g/mol. The molecule has 0 aliphatic heterocycles. The van der Waals surface area contributed by atoms with Gasteiger partial charge in [-0.2, -0.15) is 0 Å². The van der Waals surface area contributed by atoms with Crippen LogP contribution in [0.5, 0.6) is 5.75 Å². The third-order valence-electron chi connectivity index (χ3n) is 2.65. The second-order valence-corrected chi connectivity index (χ2v) is 6.39. The van der Waals surface area contributed by atoms with Gasteiger partial charge in [0, 0.05) is 0 Å². The predicted molar refractivity (Wildman–Crippen MR) is 76.4 cm³/mol. The van der Waals surface area contributed by atoms with E-state index in [1.165, 1.54) is 0 Å². The summed E-state index contributed by atoms with van der Waals surface area (Å²) in [5.41, 5.74) is 0.979. The second kappa shape index (κ2) is 6.55. The Morgan fingerprint density at radius 1 is 0.947 bits per heavy atom. The Morgan fingerprint density at radius 3 is 2.11 bits per heavy atom. The van der Waals surface area contributed by atoms with Gasteiger partial charge in [0.15, 0.2) is 0 Å². The van der Waals surface area contributed by atoms with Crippen molar-refractivity contribution in [2.75, 3.05) is 6.16 Å². The van der Waals surface area contributed by atoms with Crippen LogP contribution in [0.3, 0.4) is 0 Å². The molecule has 0 amide bonds. The number of para-hydroxylation sites is 1. The van der Waals surface area contributed by atoms with E-state index in [0.717, 1.165) is 5.56 Å². The van der Waals surface area contributed by atoms with Gasteiger partial charge in [0.25, 0.3) is 0 Å². The molecule has 2 rings (SSSR count). The van der Waals surface area contributed by atoms with Crippen molar-refractivity contribution < 1.29 is 13.6 Å². The average Bonchev–Trinajstić information content (AvgIpc) is 2.47. The van der Waals surface area contributed by atoms with Crippen LogP contribution >= 0.6 is 7.60 Å². The Balaban J connectivity index is 2.00. The van der Waals surface area contributed by atoms with Gasteiger partial charge in [-0.3, -0.25) is 4.52 Å². The lowest BCUT2D eigenvalue weighted by Crippen LogP contribution is -2.01. The van der Waals surface area contributed by atoms with Gasteiger partial charge in [0.2, 0.25) is 0 Å². The number of benzene rings is 2. The molecule has 0 aliphatic carbocycles. The summed E-state index contributed by atoms with van der Waals surface area (Å²) < 4.78 is 23.5. The zero-order valence-corrected chi connectivity index (χ0v) is 11.8. The summed E-state index contributed by atoms with van der Waals surface area (Å²) in [7, 11) is -3.09. The largest absolute Gasteiger partial charge is 0.424 e. The van der Waals surface area contributed by atoms with E-state index in [2.05, 4.69) is 0 Å². The van der Waals surface area contributed by atoms with E-state index in [1.807, 2.05) is 48.5 Å². The lowest BCUT2D eigenvalue weighted by molar-refractivity contribution is 0.256. The molecule has 2 aromatic rings. The highest BCUT2D eigenvalue weighted by molar-refractivity contribution is 7.54. The minimum absolute atomic E-state index is 0.290. The standard InChI is InChI=1S/C15H17O3P/c1-2-19(16,18-15-11-7-4-8-12-15)17-13-14-9-5-3-6-10-14/h3-12H,2,13H2,1H3. The first-order chi connectivity index (χ1) is 9.22. The Morgan fingerprint density at radius 2 is 1.53 bits per heavy atom. The SMILES string of the molecule is CCP(=O)(OCc1ccccc1)Oc1ccccc1. The smallest absolute Gasteiger partial charge is 0.379 e. The van der Waals surface area contributed by atoms with Crippen molar-refractivity contribution in [2.45, 2.75) is 13.5 Å². The third-order valence-corrected chi connectivity index (χ3v) is 4.43. The molecule has 1 atom stereocenters. The predicted octanol–water partition coefficient (Wildman–Crippen LogP) is 4.50. The molecule has 0 spiro atoms. The van der Waals surface area contributed by atoms with Gasteiger partial charge in [-0.05, 0) is 17.7 Å². The molecular formula is C15H17O3P. The van der Waals surface area contributed by atoms with Crippen molar-refractivity contribution in [1.82, 2.24) is 0 Å². The van der Waals surface area contributed by atoms with Crippen LogP contribution in [0.4, 0.5) is 0 Å².